The summed E-state index contributed by atoms with van der Waals surface area (Å²) in [6.45, 7) is 0. The molecule has 1 aromatic heterocycles. The summed E-state index contributed by atoms with van der Waals surface area (Å²) in [7, 11) is 0. The molecule has 0 radical (unpaired) electrons. The standard InChI is InChI=1S/C15H9NO2S/c17-14-13-9-5-1-4-8-12(9)19-15(13)18-11-7-3-2-6-10(11)16-14/h1-8H,(H,16,17). The Bertz CT molecular complexity index is 807. The van der Waals surface area contributed by atoms with Crippen molar-refractivity contribution in [2.45, 2.75) is 0 Å². The molecule has 1 aliphatic heterocycles. The van der Waals surface area contributed by atoms with Crippen LogP contribution in [-0.4, -0.2) is 5.91 Å². The van der Waals surface area contributed by atoms with Gasteiger partial charge in [-0.25, -0.2) is 0 Å². The molecule has 2 heterocycles. The maximum atomic E-state index is 12.4. The summed E-state index contributed by atoms with van der Waals surface area (Å²) in [6.07, 6.45) is 0. The van der Waals surface area contributed by atoms with Gasteiger partial charge in [0, 0.05) is 10.1 Å². The summed E-state index contributed by atoms with van der Waals surface area (Å²) in [5.41, 5.74) is 1.33. The van der Waals surface area contributed by atoms with Crippen molar-refractivity contribution >= 4 is 33.0 Å². The largest absolute Gasteiger partial charge is 0.444 e. The van der Waals surface area contributed by atoms with Gasteiger partial charge in [0.2, 0.25) is 0 Å². The average Bonchev–Trinajstić information content (AvgIpc) is 2.72. The molecule has 92 valence electrons. The van der Waals surface area contributed by atoms with Crippen LogP contribution < -0.4 is 10.1 Å². The van der Waals surface area contributed by atoms with Crippen molar-refractivity contribution in [3.05, 3.63) is 54.1 Å². The van der Waals surface area contributed by atoms with Crippen LogP contribution in [0.15, 0.2) is 48.5 Å². The highest BCUT2D eigenvalue weighted by molar-refractivity contribution is 7.21. The minimum Gasteiger partial charge on any atom is -0.444 e. The lowest BCUT2D eigenvalue weighted by molar-refractivity contribution is 0.102. The zero-order valence-corrected chi connectivity index (χ0v) is 10.7. The normalized spacial score (nSPS) is 13.2. The summed E-state index contributed by atoms with van der Waals surface area (Å²) in [5, 5.41) is 4.49. The lowest BCUT2D eigenvalue weighted by atomic mass is 10.1. The van der Waals surface area contributed by atoms with Crippen molar-refractivity contribution in [1.29, 1.82) is 0 Å². The first-order chi connectivity index (χ1) is 9.33. The van der Waals surface area contributed by atoms with Gasteiger partial charge >= 0.3 is 0 Å². The maximum absolute atomic E-state index is 12.4. The highest BCUT2D eigenvalue weighted by Crippen LogP contribution is 2.44. The summed E-state index contributed by atoms with van der Waals surface area (Å²) in [4.78, 5) is 12.4. The predicted molar refractivity (Wildman–Crippen MR) is 76.3 cm³/mol. The van der Waals surface area contributed by atoms with Gasteiger partial charge in [0.1, 0.15) is 5.56 Å². The summed E-state index contributed by atoms with van der Waals surface area (Å²) in [6, 6.07) is 15.3. The number of fused-ring (bicyclic) bond motifs is 4. The van der Waals surface area contributed by atoms with Gasteiger partial charge in [-0.3, -0.25) is 4.79 Å². The van der Waals surface area contributed by atoms with E-state index in [0.717, 1.165) is 10.1 Å². The van der Waals surface area contributed by atoms with Crippen molar-refractivity contribution < 1.29 is 9.53 Å². The fourth-order valence-electron chi connectivity index (χ4n) is 2.25. The minimum absolute atomic E-state index is 0.114. The lowest BCUT2D eigenvalue weighted by Crippen LogP contribution is -2.09. The molecule has 0 atom stereocenters. The number of nitrogens with one attached hydrogen (secondary N) is 1. The van der Waals surface area contributed by atoms with Crippen LogP contribution in [-0.2, 0) is 0 Å². The fraction of sp³-hybridized carbons (Fsp3) is 0. The number of ether oxygens (including phenoxy) is 1. The van der Waals surface area contributed by atoms with Crippen molar-refractivity contribution in [3.8, 4) is 10.8 Å². The van der Waals surface area contributed by atoms with E-state index >= 15 is 0 Å². The molecule has 3 aromatic rings. The second-order valence-electron chi connectivity index (χ2n) is 4.31. The molecule has 0 saturated heterocycles. The van der Waals surface area contributed by atoms with E-state index in [1.54, 1.807) is 0 Å². The van der Waals surface area contributed by atoms with Gasteiger partial charge in [0.05, 0.1) is 5.69 Å². The smallest absolute Gasteiger partial charge is 0.261 e. The van der Waals surface area contributed by atoms with Crippen LogP contribution in [0.3, 0.4) is 0 Å². The number of carbonyl (C=O) groups is 1. The highest BCUT2D eigenvalue weighted by atomic mass is 32.1. The molecule has 1 amide bonds. The molecule has 1 aliphatic rings. The van der Waals surface area contributed by atoms with E-state index in [1.807, 2.05) is 48.5 Å². The number of para-hydroxylation sites is 2. The lowest BCUT2D eigenvalue weighted by Gasteiger charge is -2.05. The van der Waals surface area contributed by atoms with Crippen LogP contribution in [0.2, 0.25) is 0 Å². The van der Waals surface area contributed by atoms with E-state index in [-0.39, 0.29) is 5.91 Å². The number of carbonyl (C=O) groups excluding carboxylic acids is 1. The predicted octanol–water partition coefficient (Wildman–Crippen LogP) is 4.26. The van der Waals surface area contributed by atoms with Crippen LogP contribution in [0.25, 0.3) is 10.1 Å². The number of amides is 1. The molecule has 0 unspecified atom stereocenters. The van der Waals surface area contributed by atoms with Crippen LogP contribution in [0.4, 0.5) is 5.69 Å². The van der Waals surface area contributed by atoms with Crippen LogP contribution in [0.5, 0.6) is 10.8 Å². The first-order valence-corrected chi connectivity index (χ1v) is 6.74. The molecular formula is C15H9NO2S. The molecule has 2 aromatic carbocycles. The number of anilines is 1. The zero-order valence-electron chi connectivity index (χ0n) is 9.84. The zero-order chi connectivity index (χ0) is 12.8. The summed E-state index contributed by atoms with van der Waals surface area (Å²) >= 11 is 1.50. The van der Waals surface area contributed by atoms with Crippen LogP contribution in [0, 0.1) is 0 Å². The third kappa shape index (κ3) is 1.54. The Morgan fingerprint density at radius 2 is 1.79 bits per heavy atom. The van der Waals surface area contributed by atoms with E-state index in [2.05, 4.69) is 5.32 Å². The van der Waals surface area contributed by atoms with Crippen molar-refractivity contribution in [2.75, 3.05) is 5.32 Å². The Labute approximate surface area is 113 Å². The topological polar surface area (TPSA) is 38.3 Å². The number of hydrogen-bond acceptors (Lipinski definition) is 3. The Morgan fingerprint density at radius 1 is 1.00 bits per heavy atom. The number of benzene rings is 2. The number of hydrogen-bond donors (Lipinski definition) is 1. The molecule has 1 N–H and O–H groups in total. The van der Waals surface area contributed by atoms with Crippen molar-refractivity contribution in [2.24, 2.45) is 0 Å². The molecule has 3 nitrogen and oxygen atoms in total. The maximum Gasteiger partial charge on any atom is 0.261 e. The van der Waals surface area contributed by atoms with Crippen LogP contribution >= 0.6 is 11.3 Å². The van der Waals surface area contributed by atoms with Gasteiger partial charge in [-0.2, -0.15) is 0 Å². The third-order valence-electron chi connectivity index (χ3n) is 3.13. The number of thiophene rings is 1. The monoisotopic (exact) mass is 267 g/mol. The van der Waals surface area contributed by atoms with E-state index in [1.165, 1.54) is 11.3 Å². The molecule has 0 spiro atoms. The van der Waals surface area contributed by atoms with E-state index in [0.29, 0.717) is 22.1 Å². The quantitative estimate of drug-likeness (QED) is 0.661. The van der Waals surface area contributed by atoms with Gasteiger partial charge in [-0.1, -0.05) is 41.7 Å². The van der Waals surface area contributed by atoms with Gasteiger partial charge in [0.25, 0.3) is 5.91 Å². The molecule has 0 bridgehead atoms. The second kappa shape index (κ2) is 3.83. The summed E-state index contributed by atoms with van der Waals surface area (Å²) in [5.74, 6) is 0.568. The van der Waals surface area contributed by atoms with Crippen molar-refractivity contribution in [3.63, 3.8) is 0 Å². The van der Waals surface area contributed by atoms with E-state index in [9.17, 15) is 4.79 Å². The van der Waals surface area contributed by atoms with E-state index in [4.69, 9.17) is 4.74 Å². The molecule has 0 fully saturated rings. The average molecular weight is 267 g/mol. The SMILES string of the molecule is O=C1Nc2ccccc2Oc2sc3ccccc3c21. The fourth-order valence-corrected chi connectivity index (χ4v) is 3.32. The second-order valence-corrected chi connectivity index (χ2v) is 5.33. The Morgan fingerprint density at radius 3 is 2.74 bits per heavy atom. The molecule has 4 rings (SSSR count). The summed E-state index contributed by atoms with van der Waals surface area (Å²) < 4.78 is 6.95. The first-order valence-electron chi connectivity index (χ1n) is 5.93. The minimum atomic E-state index is -0.114. The molecule has 4 heteroatoms. The molecular weight excluding hydrogens is 258 g/mol. The van der Waals surface area contributed by atoms with Crippen LogP contribution in [0.1, 0.15) is 10.4 Å². The van der Waals surface area contributed by atoms with Gasteiger partial charge < -0.3 is 10.1 Å². The van der Waals surface area contributed by atoms with E-state index < -0.39 is 0 Å². The Hall–Kier alpha value is -2.33. The number of rotatable bonds is 0. The van der Waals surface area contributed by atoms with Crippen molar-refractivity contribution in [1.82, 2.24) is 0 Å². The van der Waals surface area contributed by atoms with Gasteiger partial charge in [-0.05, 0) is 18.2 Å². The Kier molecular flexibility index (Phi) is 2.13. The first kappa shape index (κ1) is 10.6. The molecule has 0 saturated carbocycles. The third-order valence-corrected chi connectivity index (χ3v) is 4.18. The molecule has 19 heavy (non-hydrogen) atoms. The molecule has 0 aliphatic carbocycles. The van der Waals surface area contributed by atoms with Gasteiger partial charge in [-0.15, -0.1) is 0 Å². The Balaban J connectivity index is 2.00. The van der Waals surface area contributed by atoms with Gasteiger partial charge in [0.15, 0.2) is 10.8 Å². The highest BCUT2D eigenvalue weighted by Gasteiger charge is 2.25.